The molecule has 5 aliphatic rings. The second kappa shape index (κ2) is 45.8. The van der Waals surface area contributed by atoms with E-state index in [1.165, 1.54) is 35.5 Å². The molecule has 48 nitrogen and oxygen atoms in total. The number of hydrogen-bond acceptors (Lipinski definition) is 38. The predicted molar refractivity (Wildman–Crippen MR) is 516 cm³/mol. The smallest absolute Gasteiger partial charge is 0.414 e. The van der Waals surface area contributed by atoms with E-state index in [2.05, 4.69) is 111 Å². The van der Waals surface area contributed by atoms with E-state index >= 15 is 0 Å². The Morgan fingerprint density at radius 2 is 0.671 bits per heavy atom. The number of nitrogens with one attached hydrogen (secondary N) is 5. The second-order valence-corrected chi connectivity index (χ2v) is 39.0. The summed E-state index contributed by atoms with van der Waals surface area (Å²) >= 11 is 2.18. The predicted octanol–water partition coefficient (Wildman–Crippen LogP) is 11.1. The Kier molecular flexibility index (Phi) is 35.5. The number of fused-ring (bicyclic) bond motifs is 5. The highest BCUT2D eigenvalue weighted by Crippen LogP contribution is 2.43. The van der Waals surface area contributed by atoms with Crippen LogP contribution in [0.5, 0.6) is 29.4 Å². The van der Waals surface area contributed by atoms with Crippen molar-refractivity contribution in [3.63, 3.8) is 0 Å². The number of halogens is 1. The van der Waals surface area contributed by atoms with Gasteiger partial charge in [-0.05, 0) is 164 Å². The minimum Gasteiger partial charge on any atom is -0.480 e. The van der Waals surface area contributed by atoms with Gasteiger partial charge in [0.15, 0.2) is 28.2 Å². The highest BCUT2D eigenvalue weighted by atomic mass is 127. The molecule has 140 heavy (non-hydrogen) atoms. The van der Waals surface area contributed by atoms with Crippen LogP contribution in [0.25, 0.3) is 55.2 Å². The van der Waals surface area contributed by atoms with Gasteiger partial charge in [0.25, 0.3) is 0 Å². The molecule has 49 heteroatoms. The maximum Gasteiger partial charge on any atom is 0.414 e. The number of aliphatic hydroxyl groups excluding tert-OH is 7. The lowest BCUT2D eigenvalue weighted by atomic mass is 10.1. The van der Waals surface area contributed by atoms with Crippen LogP contribution < -0.4 is 56.0 Å². The molecule has 5 amide bonds. The Labute approximate surface area is 820 Å². The van der Waals surface area contributed by atoms with Crippen LogP contribution in [-0.2, 0) is 47.4 Å². The number of nitrogens with two attached hydrogens (primary N) is 1. The maximum absolute atomic E-state index is 12.4. The highest BCUT2D eigenvalue weighted by molar-refractivity contribution is 14.1. The second-order valence-electron chi connectivity index (χ2n) is 37.8. The number of nitrogen functional groups attached to an aromatic ring is 1. The van der Waals surface area contributed by atoms with Crippen molar-refractivity contribution in [2.45, 2.75) is 296 Å². The normalized spacial score (nSPS) is 22.3. The first-order chi connectivity index (χ1) is 65.9. The van der Waals surface area contributed by atoms with E-state index in [0.717, 1.165) is 21.8 Å². The fraction of sp³-hybridized carbons (Fsp3) is 0.593. The Balaban J connectivity index is 0.000000170. The van der Waals surface area contributed by atoms with Crippen molar-refractivity contribution >= 4 is 138 Å². The zero-order valence-electron chi connectivity index (χ0n) is 82.5. The number of rotatable bonds is 20. The molecule has 0 saturated carbocycles. The molecule has 5 fully saturated rings. The molecule has 0 radical (unpaired) electrons. The molecular formula is C91H128IN21O27. The Morgan fingerprint density at radius 1 is 0.393 bits per heavy atom. The summed E-state index contributed by atoms with van der Waals surface area (Å²) in [6.07, 6.45) is 2.34. The molecular weight excluding hydrogens is 1950 g/mol. The van der Waals surface area contributed by atoms with Gasteiger partial charge in [-0.3, -0.25) is 21.3 Å². The molecule has 0 bridgehead atoms. The van der Waals surface area contributed by atoms with Gasteiger partial charge in [0, 0.05) is 66.7 Å². The summed E-state index contributed by atoms with van der Waals surface area (Å²) in [6.45, 7) is 31.9. The third kappa shape index (κ3) is 27.6. The van der Waals surface area contributed by atoms with Gasteiger partial charge in [-0.2, -0.15) is 49.8 Å². The van der Waals surface area contributed by atoms with Crippen LogP contribution >= 0.6 is 22.6 Å². The number of methoxy groups -OCH3 is 5. The maximum atomic E-state index is 12.4. The minimum absolute atomic E-state index is 0.0193. The summed E-state index contributed by atoms with van der Waals surface area (Å²) in [5.74, 6) is 7.67. The lowest BCUT2D eigenvalue weighted by Gasteiger charge is -2.19. The molecule has 0 aliphatic carbocycles. The molecule has 15 rings (SSSR count). The van der Waals surface area contributed by atoms with E-state index in [0.29, 0.717) is 112 Å². The first-order valence-corrected chi connectivity index (χ1v) is 46.4. The Hall–Kier alpha value is -11.9. The van der Waals surface area contributed by atoms with Crippen molar-refractivity contribution in [2.75, 3.05) is 82.3 Å². The van der Waals surface area contributed by atoms with Crippen molar-refractivity contribution in [2.24, 2.45) is 0 Å². The van der Waals surface area contributed by atoms with E-state index < -0.39 is 120 Å². The number of hydrogen-bond donors (Lipinski definition) is 13. The van der Waals surface area contributed by atoms with Crippen LogP contribution in [-0.4, -0.2) is 283 Å². The number of anilines is 5. The highest BCUT2D eigenvalue weighted by Gasteiger charge is 2.42. The molecule has 0 unspecified atom stereocenters. The average Bonchev–Trinajstić information content (AvgIpc) is 1.58. The first-order valence-electron chi connectivity index (χ1n) is 45.4. The largest absolute Gasteiger partial charge is 0.480 e. The molecule has 15 heterocycles. The quantitative estimate of drug-likeness (QED) is 0.0191. The summed E-state index contributed by atoms with van der Waals surface area (Å²) in [6, 6.07) is 5.38. The van der Waals surface area contributed by atoms with Crippen LogP contribution in [0.4, 0.5) is 53.7 Å². The lowest BCUT2D eigenvalue weighted by molar-refractivity contribution is -0.0430. The van der Waals surface area contributed by atoms with Crippen LogP contribution in [0.1, 0.15) is 213 Å². The summed E-state index contributed by atoms with van der Waals surface area (Å²) in [7, 11) is 7.43. The van der Waals surface area contributed by atoms with Crippen LogP contribution in [0.2, 0.25) is 0 Å². The number of alkyl carbamates (subject to hydrolysis) is 1. The molecule has 0 spiro atoms. The average molecular weight is 2080 g/mol. The van der Waals surface area contributed by atoms with Gasteiger partial charge in [0.05, 0.1) is 137 Å². The third-order valence-corrected chi connectivity index (χ3v) is 22.2. The number of carbonyl (C=O) groups excluding carboxylic acids is 5. The van der Waals surface area contributed by atoms with E-state index in [1.54, 1.807) is 148 Å². The van der Waals surface area contributed by atoms with Crippen molar-refractivity contribution in [3.8, 4) is 41.2 Å². The van der Waals surface area contributed by atoms with Crippen molar-refractivity contribution in [1.82, 2.24) is 78.0 Å². The number of nitrogens with zero attached hydrogens (tertiary/aromatic N) is 15. The molecule has 5 saturated heterocycles. The van der Waals surface area contributed by atoms with E-state index in [9.17, 15) is 54.6 Å². The van der Waals surface area contributed by atoms with Crippen LogP contribution in [0.3, 0.4) is 0 Å². The summed E-state index contributed by atoms with van der Waals surface area (Å²) in [5.41, 5.74) is 5.43. The zero-order chi connectivity index (χ0) is 103. The first kappa shape index (κ1) is 108. The summed E-state index contributed by atoms with van der Waals surface area (Å²) in [5, 5.41) is 84.9. The van der Waals surface area contributed by atoms with Crippen LogP contribution in [0.15, 0.2) is 49.2 Å². The third-order valence-electron chi connectivity index (χ3n) is 21.4. The van der Waals surface area contributed by atoms with Gasteiger partial charge in [-0.25, -0.2) is 24.0 Å². The monoisotopic (exact) mass is 2070 g/mol. The minimum atomic E-state index is -0.777. The summed E-state index contributed by atoms with van der Waals surface area (Å²) in [4.78, 5) is 104. The molecule has 10 aromatic heterocycles. The fourth-order valence-electron chi connectivity index (χ4n) is 15.5. The standard InChI is InChI=1S/C26H37N5O7.C18H25IN4O5.C18H26N4O5.C17H24N4O6.C12H16N4O4/c1-9-17-16(32)13-18(36-17)31-14-15(11-10-12-27-23(33)37-25(2,3)4)19-20(31)28-22(29-21(19)35-8)30-24(34)38-26(5,6)7;1-6-11-10(24)7-12(27-11)23-8-9(19)13-14(23)20-16(21-15(13)26-5)22-17(25)28-18(2,3)4;1-6-12-11(23)9-13(26-12)22-8-7-10-14(22)19-16(20-15(10)25-5)21-17(24)27-18(2,3)4;1-17(2,3)27-16(24)20-15-18-13-9(14(19-15)25-4)5-6-21(13)12-7-10(23)11(8-22)26-12;1-19-11-6-2-3-16(10(6)14-12(13)15-11)9-4-7(18)8(5-17)20-9/h14,16-18,32H,9,12-13H2,1-8H3,(H,27,33)(H,28,29,30,34);8,10-12,24H,6-7H2,1-5H3,(H,20,21,22,25);7-8,11-13,23H,6,9H2,1-5H3,(H,19,20,21,24);5-6,10-12,22-23H,7-8H2,1-4H3,(H,18,19,20,24);2-3,7-9,17-18H,4-5H2,1H3,(H2,13,14,15)/t16-,17-,18-;10-,11-,12-;11-,12-,13-;10-,11-,12-;7-,8-,9-/m11111/s1. The van der Waals surface area contributed by atoms with E-state index in [4.69, 9.17) is 81.9 Å². The number of ether oxygens (including phenoxy) is 15. The zero-order valence-corrected chi connectivity index (χ0v) is 84.7. The number of aliphatic hydroxyl groups is 7. The summed E-state index contributed by atoms with van der Waals surface area (Å²) < 4.78 is 92.1. The van der Waals surface area contributed by atoms with Gasteiger partial charge in [0.1, 0.15) is 71.4 Å². The number of amides is 5. The van der Waals surface area contributed by atoms with Gasteiger partial charge >= 0.3 is 30.5 Å². The SMILES string of the molecule is CC[C@H]1O[C@@H](n2cc(C#CCNC(=O)OC(C)(C)C)c3c(OC)nc(NC(=O)OC(C)(C)C)nc32)C[C@H]1O.CC[C@H]1O[C@@H](n2cc(I)c3c(OC)nc(NC(=O)OC(C)(C)C)nc32)C[C@H]1O.CC[C@H]1O[C@@H](n2ccc3c(OC)nc(NC(=O)OC(C)(C)C)nc32)C[C@H]1O.COc1nc(N)nc2c1ccn2[C@H]1C[C@@H](O)[C@@H](CO)O1.COc1nc(NC(=O)OC(C)(C)C)nc2c1ccn2[C@H]1C[C@@H](O)[C@@H](CO)O1. The van der Waals surface area contributed by atoms with Gasteiger partial charge in [0.2, 0.25) is 59.1 Å². The van der Waals surface area contributed by atoms with E-state index in [1.807, 2.05) is 48.4 Å². The van der Waals surface area contributed by atoms with E-state index in [-0.39, 0.29) is 92.0 Å². The molecule has 10 aromatic rings. The lowest BCUT2D eigenvalue weighted by Crippen LogP contribution is -2.32. The number of carbonyl (C=O) groups is 5. The van der Waals surface area contributed by atoms with Gasteiger partial charge < -0.3 is 141 Å². The molecule has 766 valence electrons. The number of aromatic nitrogens is 15. The fourth-order valence-corrected chi connectivity index (χ4v) is 16.2. The van der Waals surface area contributed by atoms with Gasteiger partial charge in [-0.15, -0.1) is 0 Å². The topological polar surface area (TPSA) is 605 Å². The molecule has 0 aromatic carbocycles. The molecule has 15 atom stereocenters. The van der Waals surface area contributed by atoms with Crippen molar-refractivity contribution < 1.29 is 131 Å². The van der Waals surface area contributed by atoms with Crippen LogP contribution in [0, 0.1) is 15.4 Å². The Morgan fingerprint density at radius 3 is 0.986 bits per heavy atom. The van der Waals surface area contributed by atoms with Crippen molar-refractivity contribution in [1.29, 1.82) is 0 Å². The van der Waals surface area contributed by atoms with Crippen molar-refractivity contribution in [3.05, 3.63) is 58.3 Å². The molecule has 14 N–H and O–H groups in total. The Bertz CT molecular complexity index is 5930. The van der Waals surface area contributed by atoms with Gasteiger partial charge in [-0.1, -0.05) is 32.6 Å². The molecule has 5 aliphatic heterocycles.